The van der Waals surface area contributed by atoms with Crippen LogP contribution in [-0.4, -0.2) is 61.9 Å². The highest BCUT2D eigenvalue weighted by atomic mass is 19.4. The molecule has 0 amide bonds. The molecule has 0 bridgehead atoms. The van der Waals surface area contributed by atoms with Crippen molar-refractivity contribution in [1.29, 1.82) is 0 Å². The van der Waals surface area contributed by atoms with E-state index in [-0.39, 0.29) is 6.04 Å². The Hall–Kier alpha value is -3.26. The lowest BCUT2D eigenvalue weighted by Gasteiger charge is -2.36. The number of aldehydes is 1. The molecule has 2 aromatic rings. The number of fused-ring (bicyclic) bond motifs is 1. The quantitative estimate of drug-likeness (QED) is 0.276. The average Bonchev–Trinajstić information content (AvgIpc) is 3.27. The molecule has 1 unspecified atom stereocenters. The molecule has 1 fully saturated rings. The molecule has 1 N–H and O–H groups in total. The van der Waals surface area contributed by atoms with Crippen LogP contribution in [0.2, 0.25) is 0 Å². The molecule has 1 saturated heterocycles. The van der Waals surface area contributed by atoms with Crippen molar-refractivity contribution in [3.05, 3.63) is 83.6 Å². The first kappa shape index (κ1) is 28.7. The highest BCUT2D eigenvalue weighted by Gasteiger charge is 2.31. The summed E-state index contributed by atoms with van der Waals surface area (Å²) in [5.41, 5.74) is 6.00. The number of unbranched alkanes of at least 4 members (excludes halogenated alkanes) is 1. The molecule has 0 aromatic heterocycles. The van der Waals surface area contributed by atoms with Crippen molar-refractivity contribution in [2.75, 3.05) is 44.7 Å². The number of piperazine rings is 1. The number of aryl methyl sites for hydroxylation is 1. The van der Waals surface area contributed by atoms with Crippen LogP contribution in [-0.2, 0) is 23.9 Å². The van der Waals surface area contributed by atoms with Gasteiger partial charge in [0.25, 0.3) is 0 Å². The standard InChI is InChI=1S/C31H39F3N4O/c1-23(35-3)30(11-7-21-39)38-22-29-25(9-6-10-28(29)24(38)2)8-4-5-16-36-17-19-37(20-18-36)27-14-12-26(13-15-27)31(32,33)34/h6,9-10,12-15,21,30,35H,1-2,4-5,7-8,11,16-20,22H2,3H3. The fourth-order valence-electron chi connectivity index (χ4n) is 5.70. The Bertz CT molecular complexity index is 1150. The Kier molecular flexibility index (Phi) is 9.38. The molecule has 4 rings (SSSR count). The first-order chi connectivity index (χ1) is 18.7. The van der Waals surface area contributed by atoms with Crippen molar-refractivity contribution in [2.24, 2.45) is 0 Å². The van der Waals surface area contributed by atoms with Gasteiger partial charge in [-0.25, -0.2) is 0 Å². The van der Waals surface area contributed by atoms with Gasteiger partial charge in [-0.1, -0.05) is 31.4 Å². The second-order valence-corrected chi connectivity index (χ2v) is 10.4. The van der Waals surface area contributed by atoms with Crippen LogP contribution in [0, 0.1) is 0 Å². The zero-order chi connectivity index (χ0) is 28.0. The van der Waals surface area contributed by atoms with Crippen molar-refractivity contribution >= 4 is 17.7 Å². The summed E-state index contributed by atoms with van der Waals surface area (Å²) in [6.07, 6.45) is 1.02. The van der Waals surface area contributed by atoms with Crippen molar-refractivity contribution in [3.63, 3.8) is 0 Å². The lowest BCUT2D eigenvalue weighted by atomic mass is 9.98. The number of rotatable bonds is 12. The topological polar surface area (TPSA) is 38.8 Å². The van der Waals surface area contributed by atoms with Crippen LogP contribution in [0.4, 0.5) is 18.9 Å². The first-order valence-electron chi connectivity index (χ1n) is 13.7. The van der Waals surface area contributed by atoms with E-state index in [0.717, 1.165) is 81.9 Å². The number of nitrogens with zero attached hydrogens (tertiary/aromatic N) is 3. The first-order valence-corrected chi connectivity index (χ1v) is 13.7. The van der Waals surface area contributed by atoms with E-state index in [2.05, 4.69) is 51.4 Å². The highest BCUT2D eigenvalue weighted by molar-refractivity contribution is 5.71. The predicted molar refractivity (Wildman–Crippen MR) is 151 cm³/mol. The van der Waals surface area contributed by atoms with Gasteiger partial charge in [0.2, 0.25) is 0 Å². The summed E-state index contributed by atoms with van der Waals surface area (Å²) in [5, 5.41) is 3.16. The van der Waals surface area contributed by atoms with Crippen molar-refractivity contribution < 1.29 is 18.0 Å². The Morgan fingerprint density at radius 2 is 1.79 bits per heavy atom. The summed E-state index contributed by atoms with van der Waals surface area (Å²) in [5.74, 6) is 0. The number of carbonyl (C=O) groups excluding carboxylic acids is 1. The summed E-state index contributed by atoms with van der Waals surface area (Å²) < 4.78 is 38.5. The molecule has 39 heavy (non-hydrogen) atoms. The number of nitrogens with one attached hydrogen (secondary N) is 1. The van der Waals surface area contributed by atoms with Gasteiger partial charge < -0.3 is 19.9 Å². The fraction of sp³-hybridized carbons (Fsp3) is 0.452. The number of carbonyl (C=O) groups is 1. The molecule has 2 aliphatic rings. The fourth-order valence-corrected chi connectivity index (χ4v) is 5.70. The van der Waals surface area contributed by atoms with Crippen molar-refractivity contribution in [3.8, 4) is 0 Å². The second kappa shape index (κ2) is 12.7. The molecule has 0 saturated carbocycles. The summed E-state index contributed by atoms with van der Waals surface area (Å²) in [4.78, 5) is 17.9. The van der Waals surface area contributed by atoms with Gasteiger partial charge in [-0.15, -0.1) is 0 Å². The summed E-state index contributed by atoms with van der Waals surface area (Å²) in [6, 6.07) is 12.0. The third-order valence-electron chi connectivity index (χ3n) is 8.02. The van der Waals surface area contributed by atoms with Gasteiger partial charge in [0, 0.05) is 68.8 Å². The molecular weight excluding hydrogens is 501 g/mol. The minimum Gasteiger partial charge on any atom is -0.390 e. The Balaban J connectivity index is 1.26. The lowest BCUT2D eigenvalue weighted by molar-refractivity contribution is -0.137. The molecule has 0 spiro atoms. The van der Waals surface area contributed by atoms with Gasteiger partial charge in [0.05, 0.1) is 11.6 Å². The zero-order valence-corrected chi connectivity index (χ0v) is 22.8. The van der Waals surface area contributed by atoms with Crippen molar-refractivity contribution in [1.82, 2.24) is 15.1 Å². The molecular formula is C31H39F3N4O. The Morgan fingerprint density at radius 3 is 2.44 bits per heavy atom. The van der Waals surface area contributed by atoms with Gasteiger partial charge in [-0.2, -0.15) is 13.2 Å². The Labute approximate surface area is 230 Å². The maximum atomic E-state index is 12.8. The number of alkyl halides is 3. The predicted octanol–water partition coefficient (Wildman–Crippen LogP) is 5.72. The average molecular weight is 541 g/mol. The smallest absolute Gasteiger partial charge is 0.390 e. The third kappa shape index (κ3) is 6.85. The number of anilines is 1. The van der Waals surface area contributed by atoms with Crippen LogP contribution in [0.25, 0.3) is 5.70 Å². The summed E-state index contributed by atoms with van der Waals surface area (Å²) in [6.45, 7) is 13.8. The van der Waals surface area contributed by atoms with Gasteiger partial charge in [-0.3, -0.25) is 4.90 Å². The van der Waals surface area contributed by atoms with E-state index in [9.17, 15) is 18.0 Å². The van der Waals surface area contributed by atoms with Crippen LogP contribution >= 0.6 is 0 Å². The van der Waals surface area contributed by atoms with Gasteiger partial charge in [-0.05, 0) is 67.6 Å². The van der Waals surface area contributed by atoms with Gasteiger partial charge in [0.15, 0.2) is 0 Å². The minimum atomic E-state index is -4.30. The molecule has 8 heteroatoms. The molecule has 0 radical (unpaired) electrons. The van der Waals surface area contributed by atoms with Crippen molar-refractivity contribution in [2.45, 2.75) is 50.9 Å². The van der Waals surface area contributed by atoms with Crippen LogP contribution in [0.1, 0.15) is 47.9 Å². The molecule has 2 aromatic carbocycles. The molecule has 1 atom stereocenters. The van der Waals surface area contributed by atoms with Crippen LogP contribution in [0.3, 0.4) is 0 Å². The molecule has 0 aliphatic carbocycles. The molecule has 2 aliphatic heterocycles. The number of hydrogen-bond donors (Lipinski definition) is 1. The molecule has 2 heterocycles. The number of likely N-dealkylation sites (N-methyl/N-ethyl adjacent to an activating group) is 1. The lowest BCUT2D eigenvalue weighted by Crippen LogP contribution is -2.46. The maximum Gasteiger partial charge on any atom is 0.416 e. The monoisotopic (exact) mass is 540 g/mol. The van der Waals surface area contributed by atoms with E-state index >= 15 is 0 Å². The maximum absolute atomic E-state index is 12.8. The van der Waals surface area contributed by atoms with Gasteiger partial charge in [0.1, 0.15) is 6.29 Å². The van der Waals surface area contributed by atoms with Crippen LogP contribution < -0.4 is 10.2 Å². The zero-order valence-electron chi connectivity index (χ0n) is 22.8. The van der Waals surface area contributed by atoms with Crippen LogP contribution in [0.15, 0.2) is 61.3 Å². The third-order valence-corrected chi connectivity index (χ3v) is 8.02. The van der Waals surface area contributed by atoms with E-state index in [0.29, 0.717) is 12.8 Å². The van der Waals surface area contributed by atoms with E-state index in [4.69, 9.17) is 0 Å². The second-order valence-electron chi connectivity index (χ2n) is 10.4. The molecule has 5 nitrogen and oxygen atoms in total. The minimum absolute atomic E-state index is 0.0224. The number of benzene rings is 2. The highest BCUT2D eigenvalue weighted by Crippen LogP contribution is 2.37. The Morgan fingerprint density at radius 1 is 1.08 bits per heavy atom. The SMILES string of the molecule is C=C(NC)C(CCC=O)N1Cc2c(CCCCN3CCN(c4ccc(C(F)(F)F)cc4)CC3)cccc2C1=C. The largest absolute Gasteiger partial charge is 0.416 e. The van der Waals surface area contributed by atoms with E-state index in [1.807, 2.05) is 7.05 Å². The normalized spacial score (nSPS) is 16.8. The van der Waals surface area contributed by atoms with E-state index in [1.165, 1.54) is 28.8 Å². The summed E-state index contributed by atoms with van der Waals surface area (Å²) >= 11 is 0. The number of halogens is 3. The van der Waals surface area contributed by atoms with E-state index in [1.54, 1.807) is 12.1 Å². The van der Waals surface area contributed by atoms with Gasteiger partial charge >= 0.3 is 6.18 Å². The van der Waals surface area contributed by atoms with Crippen LogP contribution in [0.5, 0.6) is 0 Å². The molecule has 210 valence electrons. The van der Waals surface area contributed by atoms with E-state index < -0.39 is 11.7 Å². The summed E-state index contributed by atoms with van der Waals surface area (Å²) in [7, 11) is 1.86. The number of hydrogen-bond acceptors (Lipinski definition) is 5.